The molecule has 0 atom stereocenters. The standard InChI is InChI=1S/C30H49O4PSi.BrH/c1-3-32-30(33-4-2)36-23-34-28-21-20-24(31)22-29(28)35(25-14-8-5-9-15-25,26-16-10-6-11-17-26)27-18-12-7-13-19-27;/h20-22,25-27,30H,3-19,23H2,1-2H3;1H. The lowest BCUT2D eigenvalue weighted by molar-refractivity contribution is -0.0835. The van der Waals surface area contributed by atoms with Crippen LogP contribution in [0, 0.1) is 0 Å². The number of phenolic OH excluding ortho intramolecular Hbond substituents is 1. The highest BCUT2D eigenvalue weighted by Crippen LogP contribution is 2.77. The zero-order valence-electron chi connectivity index (χ0n) is 23.3. The molecule has 0 amide bonds. The Labute approximate surface area is 239 Å². The maximum atomic E-state index is 10.9. The van der Waals surface area contributed by atoms with Crippen LogP contribution in [0.5, 0.6) is 11.5 Å². The van der Waals surface area contributed by atoms with Gasteiger partial charge in [0, 0.05) is 19.3 Å². The first-order valence-corrected chi connectivity index (χ1v) is 18.3. The van der Waals surface area contributed by atoms with E-state index in [9.17, 15) is 5.11 Å². The van der Waals surface area contributed by atoms with E-state index in [0.717, 1.165) is 22.7 Å². The van der Waals surface area contributed by atoms with Gasteiger partial charge in [-0.1, -0.05) is 19.3 Å². The molecule has 0 saturated heterocycles. The molecular formula is C30H50BrO4PSi. The van der Waals surface area contributed by atoms with E-state index in [0.29, 0.717) is 34.7 Å². The number of hydrogen-bond acceptors (Lipinski definition) is 4. The summed E-state index contributed by atoms with van der Waals surface area (Å²) in [5.41, 5.74) is 2.43. The fourth-order valence-electron chi connectivity index (χ4n) is 7.60. The molecule has 2 radical (unpaired) electrons. The first-order valence-electron chi connectivity index (χ1n) is 15.0. The average molecular weight is 614 g/mol. The van der Waals surface area contributed by atoms with Gasteiger partial charge >= 0.3 is 0 Å². The van der Waals surface area contributed by atoms with Crippen LogP contribution in [0.15, 0.2) is 18.2 Å². The molecule has 3 saturated carbocycles. The van der Waals surface area contributed by atoms with Crippen molar-refractivity contribution in [2.24, 2.45) is 0 Å². The first kappa shape index (κ1) is 31.4. The Morgan fingerprint density at radius 3 is 1.68 bits per heavy atom. The van der Waals surface area contributed by atoms with Gasteiger partial charge in [-0.2, -0.15) is 0 Å². The Balaban J connectivity index is 0.00000380. The topological polar surface area (TPSA) is 47.9 Å². The fourth-order valence-corrected chi connectivity index (χ4v) is 16.0. The number of benzene rings is 1. The predicted octanol–water partition coefficient (Wildman–Crippen LogP) is 4.43. The molecule has 0 unspecified atom stereocenters. The molecule has 0 heterocycles. The highest BCUT2D eigenvalue weighted by atomic mass is 79.9. The zero-order valence-corrected chi connectivity index (χ0v) is 26.7. The van der Waals surface area contributed by atoms with Crippen LogP contribution in [0.3, 0.4) is 0 Å². The molecule has 0 spiro atoms. The number of halogens is 1. The van der Waals surface area contributed by atoms with E-state index in [1.807, 2.05) is 19.9 Å². The Morgan fingerprint density at radius 1 is 0.784 bits per heavy atom. The van der Waals surface area contributed by atoms with Crippen molar-refractivity contribution in [1.82, 2.24) is 0 Å². The lowest BCUT2D eigenvalue weighted by atomic mass is 9.99. The van der Waals surface area contributed by atoms with E-state index < -0.39 is 7.26 Å². The average Bonchev–Trinajstić information content (AvgIpc) is 2.92. The van der Waals surface area contributed by atoms with Crippen molar-refractivity contribution in [3.05, 3.63) is 18.2 Å². The van der Waals surface area contributed by atoms with Gasteiger partial charge in [-0.25, -0.2) is 0 Å². The van der Waals surface area contributed by atoms with Crippen molar-refractivity contribution in [1.29, 1.82) is 0 Å². The van der Waals surface area contributed by atoms with Crippen LogP contribution in [0.25, 0.3) is 0 Å². The normalized spacial score (nSPS) is 20.6. The van der Waals surface area contributed by atoms with Crippen LogP contribution in [0.4, 0.5) is 0 Å². The van der Waals surface area contributed by atoms with Gasteiger partial charge in [0.05, 0.1) is 30.5 Å². The second-order valence-electron chi connectivity index (χ2n) is 11.1. The lowest BCUT2D eigenvalue weighted by Gasteiger charge is -2.49. The number of ether oxygens (including phenoxy) is 3. The highest BCUT2D eigenvalue weighted by molar-refractivity contribution is 7.85. The zero-order chi connectivity index (χ0) is 25.2. The molecule has 3 fully saturated rings. The van der Waals surface area contributed by atoms with E-state index in [1.54, 1.807) is 0 Å². The van der Waals surface area contributed by atoms with Gasteiger partial charge in [-0.05, 0) is 103 Å². The van der Waals surface area contributed by atoms with Crippen molar-refractivity contribution >= 4 is 22.1 Å². The summed E-state index contributed by atoms with van der Waals surface area (Å²) >= 11 is 0. The summed E-state index contributed by atoms with van der Waals surface area (Å²) in [7, 11) is -1.13. The third kappa shape index (κ3) is 7.75. The van der Waals surface area contributed by atoms with Gasteiger partial charge in [0.15, 0.2) is 15.3 Å². The molecule has 3 aliphatic rings. The molecule has 1 N–H and O–H groups in total. The van der Waals surface area contributed by atoms with Gasteiger partial charge in [-0.3, -0.25) is 0 Å². The van der Waals surface area contributed by atoms with Crippen LogP contribution < -0.4 is 27.0 Å². The third-order valence-electron chi connectivity index (χ3n) is 9.01. The summed E-state index contributed by atoms with van der Waals surface area (Å²) in [5, 5.41) is 12.3. The Hall–Kier alpha value is -0.133. The predicted molar refractivity (Wildman–Crippen MR) is 154 cm³/mol. The second kappa shape index (κ2) is 16.2. The minimum Gasteiger partial charge on any atom is -1.00 e. The summed E-state index contributed by atoms with van der Waals surface area (Å²) < 4.78 is 18.3. The minimum absolute atomic E-state index is 0. The molecule has 0 aliphatic heterocycles. The summed E-state index contributed by atoms with van der Waals surface area (Å²) in [6.45, 7) is 5.35. The van der Waals surface area contributed by atoms with Gasteiger partial charge in [-0.15, -0.1) is 0 Å². The maximum absolute atomic E-state index is 10.9. The number of phenols is 1. The summed E-state index contributed by atoms with van der Waals surface area (Å²) in [6, 6.07) is 6.11. The molecule has 4 rings (SSSR count). The second-order valence-corrected chi connectivity index (χ2v) is 16.6. The van der Waals surface area contributed by atoms with E-state index in [-0.39, 0.29) is 22.9 Å². The fraction of sp³-hybridized carbons (Fsp3) is 0.800. The molecule has 37 heavy (non-hydrogen) atoms. The summed E-state index contributed by atoms with van der Waals surface area (Å²) in [6.07, 6.45) is 21.4. The Bertz CT molecular complexity index is 727. The molecule has 3 aliphatic carbocycles. The first-order chi connectivity index (χ1) is 17.7. The maximum Gasteiger partial charge on any atom is 0.166 e. The van der Waals surface area contributed by atoms with Gasteiger partial charge in [0.1, 0.15) is 17.0 Å². The highest BCUT2D eigenvalue weighted by Gasteiger charge is 2.60. The number of hydrogen-bond donors (Lipinski definition) is 1. The third-order valence-corrected chi connectivity index (χ3v) is 16.3. The number of aromatic hydroxyl groups is 1. The van der Waals surface area contributed by atoms with Crippen molar-refractivity contribution in [3.8, 4) is 11.5 Å². The molecule has 1 aromatic carbocycles. The SMILES string of the molecule is CCOC(OCC)[Si]COc1ccc(O)cc1[P+](C1CCCCC1)(C1CCCCC1)C1CCCCC1.[Br-]. The largest absolute Gasteiger partial charge is 1.00 e. The molecule has 7 heteroatoms. The van der Waals surface area contributed by atoms with Gasteiger partial charge < -0.3 is 36.3 Å². The molecule has 1 aromatic rings. The van der Waals surface area contributed by atoms with Crippen molar-refractivity contribution in [2.45, 2.75) is 133 Å². The van der Waals surface area contributed by atoms with Crippen LogP contribution in [-0.2, 0) is 9.47 Å². The van der Waals surface area contributed by atoms with Crippen LogP contribution in [-0.4, -0.2) is 57.0 Å². The summed E-state index contributed by atoms with van der Waals surface area (Å²) in [5.74, 6) is 1.30. The molecule has 0 aromatic heterocycles. The smallest absolute Gasteiger partial charge is 0.166 e. The Kier molecular flexibility index (Phi) is 13.8. The van der Waals surface area contributed by atoms with Crippen LogP contribution in [0.1, 0.15) is 110 Å². The van der Waals surface area contributed by atoms with E-state index in [4.69, 9.17) is 14.2 Å². The molecule has 210 valence electrons. The van der Waals surface area contributed by atoms with Gasteiger partial charge in [0.2, 0.25) is 0 Å². The van der Waals surface area contributed by atoms with Crippen LogP contribution in [0.2, 0.25) is 0 Å². The Morgan fingerprint density at radius 2 is 1.24 bits per heavy atom. The monoisotopic (exact) mass is 612 g/mol. The van der Waals surface area contributed by atoms with Crippen LogP contribution >= 0.6 is 7.26 Å². The quantitative estimate of drug-likeness (QED) is 0.215. The van der Waals surface area contributed by atoms with Crippen molar-refractivity contribution < 1.29 is 36.3 Å². The van der Waals surface area contributed by atoms with E-state index in [1.165, 1.54) is 102 Å². The molecule has 0 bridgehead atoms. The van der Waals surface area contributed by atoms with Crippen molar-refractivity contribution in [3.63, 3.8) is 0 Å². The molecule has 4 nitrogen and oxygen atoms in total. The lowest BCUT2D eigenvalue weighted by Crippen LogP contribution is -3.00. The van der Waals surface area contributed by atoms with E-state index in [2.05, 4.69) is 12.1 Å². The van der Waals surface area contributed by atoms with Crippen molar-refractivity contribution in [2.75, 3.05) is 19.4 Å². The van der Waals surface area contributed by atoms with E-state index >= 15 is 0 Å². The van der Waals surface area contributed by atoms with Gasteiger partial charge in [0.25, 0.3) is 0 Å². The molecular weight excluding hydrogens is 563 g/mol. The summed E-state index contributed by atoms with van der Waals surface area (Å²) in [4.78, 5) is 0. The minimum atomic E-state index is -1.57. The number of rotatable bonds is 12.